The lowest BCUT2D eigenvalue weighted by Gasteiger charge is -2.30. The Hall–Kier alpha value is -0.980. The molecule has 3 nitrogen and oxygen atoms in total. The molecule has 0 aliphatic heterocycles. The van der Waals surface area contributed by atoms with Gasteiger partial charge in [-0.1, -0.05) is 0 Å². The van der Waals surface area contributed by atoms with Crippen LogP contribution in [0.15, 0.2) is 21.2 Å². The minimum absolute atomic E-state index is 0.0658. The normalized spacial score (nSPS) is 24.2. The Morgan fingerprint density at radius 3 is 2.37 bits per heavy atom. The number of alkyl halides is 3. The minimum Gasteiger partial charge on any atom is -0.444 e. The van der Waals surface area contributed by atoms with Crippen LogP contribution in [0.25, 0.3) is 0 Å². The van der Waals surface area contributed by atoms with Crippen molar-refractivity contribution in [2.75, 3.05) is 0 Å². The number of nitrogens with one attached hydrogen (secondary N) is 1. The molecule has 7 heteroatoms. The molecule has 0 unspecified atom stereocenters. The van der Waals surface area contributed by atoms with Crippen molar-refractivity contribution < 1.29 is 22.4 Å². The van der Waals surface area contributed by atoms with Gasteiger partial charge < -0.3 is 9.73 Å². The summed E-state index contributed by atoms with van der Waals surface area (Å²) in [6.45, 7) is 0. The second kappa shape index (κ2) is 5.56. The lowest BCUT2D eigenvalue weighted by molar-refractivity contribution is -0.182. The Morgan fingerprint density at radius 2 is 1.89 bits per heavy atom. The fraction of sp³-hybridized carbons (Fsp3) is 0.583. The third-order valence-corrected chi connectivity index (χ3v) is 3.75. The van der Waals surface area contributed by atoms with Crippen LogP contribution in [0.5, 0.6) is 0 Å². The van der Waals surface area contributed by atoms with E-state index >= 15 is 0 Å². The molecule has 1 saturated carbocycles. The van der Waals surface area contributed by atoms with E-state index in [0.717, 1.165) is 0 Å². The summed E-state index contributed by atoms with van der Waals surface area (Å²) in [5, 5.41) is 2.70. The maximum atomic E-state index is 12.5. The summed E-state index contributed by atoms with van der Waals surface area (Å²) in [5.41, 5.74) is 0. The van der Waals surface area contributed by atoms with Crippen molar-refractivity contribution in [1.29, 1.82) is 0 Å². The first kappa shape index (κ1) is 14.4. The second-order valence-electron chi connectivity index (χ2n) is 4.67. The Bertz CT molecular complexity index is 450. The minimum atomic E-state index is -4.12. The largest absolute Gasteiger partial charge is 0.444 e. The summed E-state index contributed by atoms with van der Waals surface area (Å²) >= 11 is 3.08. The van der Waals surface area contributed by atoms with Gasteiger partial charge in [0, 0.05) is 6.04 Å². The highest BCUT2D eigenvalue weighted by molar-refractivity contribution is 9.10. The van der Waals surface area contributed by atoms with Gasteiger partial charge in [0.15, 0.2) is 10.4 Å². The Morgan fingerprint density at radius 1 is 1.26 bits per heavy atom. The monoisotopic (exact) mass is 339 g/mol. The molecule has 0 spiro atoms. The van der Waals surface area contributed by atoms with Crippen LogP contribution in [0.4, 0.5) is 13.2 Å². The van der Waals surface area contributed by atoms with Gasteiger partial charge in [-0.15, -0.1) is 0 Å². The van der Waals surface area contributed by atoms with Crippen molar-refractivity contribution in [1.82, 2.24) is 5.32 Å². The summed E-state index contributed by atoms with van der Waals surface area (Å²) < 4.78 is 43.0. The van der Waals surface area contributed by atoms with Gasteiger partial charge in [-0.05, 0) is 53.7 Å². The van der Waals surface area contributed by atoms with Crippen LogP contribution in [0.2, 0.25) is 0 Å². The van der Waals surface area contributed by atoms with Crippen molar-refractivity contribution >= 4 is 21.8 Å². The van der Waals surface area contributed by atoms with E-state index in [1.54, 1.807) is 6.07 Å². The predicted molar refractivity (Wildman–Crippen MR) is 65.7 cm³/mol. The van der Waals surface area contributed by atoms with Crippen molar-refractivity contribution in [3.8, 4) is 0 Å². The van der Waals surface area contributed by atoms with Crippen LogP contribution in [0.3, 0.4) is 0 Å². The third-order valence-electron chi connectivity index (χ3n) is 3.32. The summed E-state index contributed by atoms with van der Waals surface area (Å²) in [5.74, 6) is -1.47. The van der Waals surface area contributed by atoms with Crippen LogP contribution >= 0.6 is 15.9 Å². The zero-order valence-corrected chi connectivity index (χ0v) is 11.6. The fourth-order valence-electron chi connectivity index (χ4n) is 2.26. The molecule has 1 aliphatic rings. The SMILES string of the molecule is O=C(NC1CCC(C(F)(F)F)CC1)c1ccc(Br)o1. The number of carbonyl (C=O) groups is 1. The molecule has 0 atom stereocenters. The van der Waals surface area contributed by atoms with Crippen molar-refractivity contribution in [3.05, 3.63) is 22.6 Å². The number of amides is 1. The number of furan rings is 1. The van der Waals surface area contributed by atoms with Crippen LogP contribution in [-0.2, 0) is 0 Å². The molecule has 0 bridgehead atoms. The van der Waals surface area contributed by atoms with Gasteiger partial charge in [0.2, 0.25) is 0 Å². The van der Waals surface area contributed by atoms with E-state index < -0.39 is 12.1 Å². The van der Waals surface area contributed by atoms with E-state index in [0.29, 0.717) is 17.5 Å². The van der Waals surface area contributed by atoms with E-state index in [9.17, 15) is 18.0 Å². The van der Waals surface area contributed by atoms with Gasteiger partial charge in [0.1, 0.15) is 0 Å². The zero-order valence-electron chi connectivity index (χ0n) is 9.97. The first-order valence-electron chi connectivity index (χ1n) is 5.99. The number of rotatable bonds is 2. The predicted octanol–water partition coefficient (Wildman–Crippen LogP) is 3.89. The molecule has 0 saturated heterocycles. The number of hydrogen-bond donors (Lipinski definition) is 1. The summed E-state index contributed by atoms with van der Waals surface area (Å²) in [7, 11) is 0. The van der Waals surface area contributed by atoms with E-state index in [1.807, 2.05) is 0 Å². The van der Waals surface area contributed by atoms with Crippen molar-refractivity contribution in [2.45, 2.75) is 37.9 Å². The van der Waals surface area contributed by atoms with Crippen LogP contribution in [0, 0.1) is 5.92 Å². The Kier molecular flexibility index (Phi) is 4.23. The van der Waals surface area contributed by atoms with E-state index in [-0.39, 0.29) is 30.6 Å². The maximum absolute atomic E-state index is 12.5. The van der Waals surface area contributed by atoms with Crippen LogP contribution in [0.1, 0.15) is 36.2 Å². The zero-order chi connectivity index (χ0) is 14.0. The van der Waals surface area contributed by atoms with Gasteiger partial charge in [0.25, 0.3) is 5.91 Å². The maximum Gasteiger partial charge on any atom is 0.391 e. The van der Waals surface area contributed by atoms with E-state index in [2.05, 4.69) is 21.2 Å². The molecule has 1 fully saturated rings. The van der Waals surface area contributed by atoms with Gasteiger partial charge in [-0.3, -0.25) is 4.79 Å². The smallest absolute Gasteiger partial charge is 0.391 e. The van der Waals surface area contributed by atoms with Crippen molar-refractivity contribution in [3.63, 3.8) is 0 Å². The second-order valence-corrected chi connectivity index (χ2v) is 5.45. The topological polar surface area (TPSA) is 42.2 Å². The van der Waals surface area contributed by atoms with Gasteiger partial charge in [0.05, 0.1) is 5.92 Å². The molecule has 2 rings (SSSR count). The van der Waals surface area contributed by atoms with Crippen LogP contribution < -0.4 is 5.32 Å². The molecule has 1 amide bonds. The van der Waals surface area contributed by atoms with E-state index in [4.69, 9.17) is 4.42 Å². The first-order chi connectivity index (χ1) is 8.86. The standard InChI is InChI=1S/C12H13BrF3NO2/c13-10-6-5-9(19-10)11(18)17-8-3-1-7(2-4-8)12(14,15)16/h5-8H,1-4H2,(H,17,18). The molecule has 0 radical (unpaired) electrons. The molecule has 0 aromatic carbocycles. The highest BCUT2D eigenvalue weighted by Gasteiger charge is 2.41. The Balaban J connectivity index is 1.84. The lowest BCUT2D eigenvalue weighted by atomic mass is 9.85. The molecule has 1 heterocycles. The highest BCUT2D eigenvalue weighted by Crippen LogP contribution is 2.37. The first-order valence-corrected chi connectivity index (χ1v) is 6.78. The molecule has 1 aromatic heterocycles. The van der Waals surface area contributed by atoms with Gasteiger partial charge >= 0.3 is 6.18 Å². The Labute approximate surface area is 116 Å². The molecule has 1 aliphatic carbocycles. The van der Waals surface area contributed by atoms with E-state index in [1.165, 1.54) is 6.07 Å². The lowest BCUT2D eigenvalue weighted by Crippen LogP contribution is -2.39. The number of carbonyl (C=O) groups excluding carboxylic acids is 1. The fourth-order valence-corrected chi connectivity index (χ4v) is 2.56. The molecule has 1 N–H and O–H groups in total. The molecule has 106 valence electrons. The summed E-state index contributed by atoms with van der Waals surface area (Å²) in [6, 6.07) is 2.89. The number of hydrogen-bond acceptors (Lipinski definition) is 2. The van der Waals surface area contributed by atoms with Crippen LogP contribution in [-0.4, -0.2) is 18.1 Å². The molecule has 1 aromatic rings. The quantitative estimate of drug-likeness (QED) is 0.887. The molecular formula is C12H13BrF3NO2. The third kappa shape index (κ3) is 3.75. The summed E-state index contributed by atoms with van der Waals surface area (Å²) in [6.07, 6.45) is -3.30. The van der Waals surface area contributed by atoms with Gasteiger partial charge in [-0.25, -0.2) is 0 Å². The molecular weight excluding hydrogens is 327 g/mol. The number of halogens is 4. The average molecular weight is 340 g/mol. The van der Waals surface area contributed by atoms with Crippen molar-refractivity contribution in [2.24, 2.45) is 5.92 Å². The molecule has 19 heavy (non-hydrogen) atoms. The van der Waals surface area contributed by atoms with Gasteiger partial charge in [-0.2, -0.15) is 13.2 Å². The average Bonchev–Trinajstić information content (AvgIpc) is 2.75. The highest BCUT2D eigenvalue weighted by atomic mass is 79.9. The summed E-state index contributed by atoms with van der Waals surface area (Å²) in [4.78, 5) is 11.8.